The van der Waals surface area contributed by atoms with E-state index in [2.05, 4.69) is 37.9 Å². The molecule has 0 amide bonds. The zero-order valence-electron chi connectivity index (χ0n) is 19.8. The largest absolute Gasteiger partial charge is 0.497 e. The molecule has 0 radical (unpaired) electrons. The van der Waals surface area contributed by atoms with Crippen molar-refractivity contribution in [1.29, 1.82) is 0 Å². The van der Waals surface area contributed by atoms with E-state index >= 15 is 0 Å². The Bertz CT molecular complexity index is 843. The average Bonchev–Trinajstić information content (AvgIpc) is 3.14. The van der Waals surface area contributed by atoms with Gasteiger partial charge in [0.2, 0.25) is 0 Å². The van der Waals surface area contributed by atoms with Crippen molar-refractivity contribution in [2.45, 2.75) is 38.8 Å². The Morgan fingerprint density at radius 1 is 1.16 bits per heavy atom. The first-order valence-electron chi connectivity index (χ1n) is 11.3. The number of aromatic nitrogens is 3. The van der Waals surface area contributed by atoms with Crippen molar-refractivity contribution in [1.82, 2.24) is 30.3 Å². The number of aliphatic imine (C=N–C) groups is 1. The van der Waals surface area contributed by atoms with Crippen molar-refractivity contribution < 1.29 is 9.47 Å². The number of benzene rings is 1. The summed E-state index contributed by atoms with van der Waals surface area (Å²) in [4.78, 5) is 7.26. The number of nitrogens with zero attached hydrogens (tertiary/aromatic N) is 5. The standard InChI is InChI=1S/C23H37N7O2/c1-18-27-28-22(29(18)2)17-25-23(24-12-9-19-5-7-21(32-4)8-6-19)26-20-10-13-30(14-11-20)15-16-31-3/h5-8,20H,9-17H2,1-4H3,(H2,24,25,26). The maximum Gasteiger partial charge on any atom is 0.191 e. The van der Waals surface area contributed by atoms with E-state index < -0.39 is 0 Å². The predicted molar refractivity (Wildman–Crippen MR) is 126 cm³/mol. The molecular formula is C23H37N7O2. The van der Waals surface area contributed by atoms with E-state index in [1.165, 1.54) is 5.56 Å². The lowest BCUT2D eigenvalue weighted by molar-refractivity contribution is 0.128. The summed E-state index contributed by atoms with van der Waals surface area (Å²) in [6.45, 7) is 7.16. The van der Waals surface area contributed by atoms with Crippen LogP contribution in [0.2, 0.25) is 0 Å². The number of hydrogen-bond donors (Lipinski definition) is 2. The molecule has 32 heavy (non-hydrogen) atoms. The van der Waals surface area contributed by atoms with Crippen molar-refractivity contribution >= 4 is 5.96 Å². The Labute approximate surface area is 191 Å². The summed E-state index contributed by atoms with van der Waals surface area (Å²) in [5, 5.41) is 15.5. The van der Waals surface area contributed by atoms with Crippen molar-refractivity contribution in [3.63, 3.8) is 0 Å². The Balaban J connectivity index is 1.56. The van der Waals surface area contributed by atoms with Gasteiger partial charge in [0.15, 0.2) is 11.8 Å². The molecule has 1 aromatic carbocycles. The maximum absolute atomic E-state index is 5.24. The molecule has 9 nitrogen and oxygen atoms in total. The molecule has 2 N–H and O–H groups in total. The van der Waals surface area contributed by atoms with Crippen molar-refractivity contribution in [3.05, 3.63) is 41.5 Å². The minimum absolute atomic E-state index is 0.405. The molecule has 1 aliphatic rings. The molecule has 1 aliphatic heterocycles. The maximum atomic E-state index is 5.24. The van der Waals surface area contributed by atoms with Crippen LogP contribution in [0.5, 0.6) is 5.75 Å². The quantitative estimate of drug-likeness (QED) is 0.425. The van der Waals surface area contributed by atoms with Gasteiger partial charge in [0, 0.05) is 46.4 Å². The van der Waals surface area contributed by atoms with Gasteiger partial charge in [0.1, 0.15) is 18.1 Å². The van der Waals surface area contributed by atoms with Crippen molar-refractivity contribution in [3.8, 4) is 5.75 Å². The fourth-order valence-electron chi connectivity index (χ4n) is 3.72. The first-order chi connectivity index (χ1) is 15.6. The van der Waals surface area contributed by atoms with E-state index in [1.807, 2.05) is 30.7 Å². The summed E-state index contributed by atoms with van der Waals surface area (Å²) in [6, 6.07) is 8.60. The summed E-state index contributed by atoms with van der Waals surface area (Å²) >= 11 is 0. The molecule has 9 heteroatoms. The van der Waals surface area contributed by atoms with Gasteiger partial charge in [-0.1, -0.05) is 12.1 Å². The van der Waals surface area contributed by atoms with E-state index in [-0.39, 0.29) is 0 Å². The lowest BCUT2D eigenvalue weighted by Gasteiger charge is -2.33. The zero-order valence-corrected chi connectivity index (χ0v) is 19.8. The lowest BCUT2D eigenvalue weighted by atomic mass is 10.1. The molecule has 0 spiro atoms. The molecule has 3 rings (SSSR count). The van der Waals surface area contributed by atoms with Crippen LogP contribution in [0.25, 0.3) is 0 Å². The number of guanidine groups is 1. The molecule has 0 unspecified atom stereocenters. The molecule has 2 aromatic rings. The Hall–Kier alpha value is -2.65. The van der Waals surface area contributed by atoms with Crippen LogP contribution in [0.4, 0.5) is 0 Å². The highest BCUT2D eigenvalue weighted by atomic mass is 16.5. The van der Waals surface area contributed by atoms with Gasteiger partial charge in [-0.2, -0.15) is 0 Å². The number of aryl methyl sites for hydroxylation is 1. The van der Waals surface area contributed by atoms with E-state index in [9.17, 15) is 0 Å². The average molecular weight is 444 g/mol. The molecule has 0 saturated carbocycles. The number of methoxy groups -OCH3 is 2. The second-order valence-electron chi connectivity index (χ2n) is 8.17. The summed E-state index contributed by atoms with van der Waals surface area (Å²) in [5.74, 6) is 3.45. The van der Waals surface area contributed by atoms with Crippen LogP contribution >= 0.6 is 0 Å². The third-order valence-electron chi connectivity index (χ3n) is 5.97. The molecule has 1 saturated heterocycles. The number of ether oxygens (including phenoxy) is 2. The van der Waals surface area contributed by atoms with Crippen molar-refractivity contribution in [2.75, 3.05) is 47.0 Å². The van der Waals surface area contributed by atoms with Crippen LogP contribution in [0.15, 0.2) is 29.3 Å². The monoisotopic (exact) mass is 443 g/mol. The zero-order chi connectivity index (χ0) is 22.8. The summed E-state index contributed by atoms with van der Waals surface area (Å²) in [7, 11) is 5.42. The van der Waals surface area contributed by atoms with Crippen LogP contribution in [0.3, 0.4) is 0 Å². The summed E-state index contributed by atoms with van der Waals surface area (Å²) in [6.07, 6.45) is 3.08. The van der Waals surface area contributed by atoms with Crippen LogP contribution in [0, 0.1) is 6.92 Å². The van der Waals surface area contributed by atoms with E-state index in [4.69, 9.17) is 14.5 Å². The molecule has 1 aromatic heterocycles. The Kier molecular flexibility index (Phi) is 9.30. The van der Waals surface area contributed by atoms with Crippen LogP contribution in [-0.2, 0) is 24.8 Å². The second kappa shape index (κ2) is 12.4. The normalized spacial score (nSPS) is 15.7. The predicted octanol–water partition coefficient (Wildman–Crippen LogP) is 1.52. The molecular weight excluding hydrogens is 406 g/mol. The van der Waals surface area contributed by atoms with Crippen LogP contribution in [0.1, 0.15) is 30.1 Å². The van der Waals surface area contributed by atoms with Gasteiger partial charge in [-0.3, -0.25) is 0 Å². The molecule has 1 fully saturated rings. The molecule has 2 heterocycles. The SMILES string of the molecule is COCCN1CCC(NC(=NCc2nnc(C)n2C)NCCc2ccc(OC)cc2)CC1. The minimum atomic E-state index is 0.405. The fraction of sp³-hybridized carbons (Fsp3) is 0.609. The van der Waals surface area contributed by atoms with Crippen molar-refractivity contribution in [2.24, 2.45) is 12.0 Å². The van der Waals surface area contributed by atoms with E-state index in [0.29, 0.717) is 12.6 Å². The molecule has 0 atom stereocenters. The van der Waals surface area contributed by atoms with Gasteiger partial charge in [-0.05, 0) is 43.9 Å². The van der Waals surface area contributed by atoms with E-state index in [0.717, 1.165) is 75.4 Å². The minimum Gasteiger partial charge on any atom is -0.497 e. The topological polar surface area (TPSA) is 88.8 Å². The summed E-state index contributed by atoms with van der Waals surface area (Å²) in [5.41, 5.74) is 1.26. The highest BCUT2D eigenvalue weighted by Gasteiger charge is 2.20. The van der Waals surface area contributed by atoms with E-state index in [1.54, 1.807) is 14.2 Å². The van der Waals surface area contributed by atoms with Gasteiger partial charge in [-0.15, -0.1) is 10.2 Å². The number of rotatable bonds is 10. The Morgan fingerprint density at radius 2 is 1.91 bits per heavy atom. The second-order valence-corrected chi connectivity index (χ2v) is 8.17. The first-order valence-corrected chi connectivity index (χ1v) is 11.3. The van der Waals surface area contributed by atoms with Crippen LogP contribution in [-0.4, -0.2) is 78.7 Å². The molecule has 0 aliphatic carbocycles. The number of piperidine rings is 1. The lowest BCUT2D eigenvalue weighted by Crippen LogP contribution is -2.49. The van der Waals surface area contributed by atoms with Gasteiger partial charge in [0.05, 0.1) is 13.7 Å². The third-order valence-corrected chi connectivity index (χ3v) is 5.97. The number of likely N-dealkylation sites (tertiary alicyclic amines) is 1. The number of hydrogen-bond acceptors (Lipinski definition) is 6. The van der Waals surface area contributed by atoms with Gasteiger partial charge < -0.3 is 29.6 Å². The fourth-order valence-corrected chi connectivity index (χ4v) is 3.72. The third kappa shape index (κ3) is 7.20. The van der Waals surface area contributed by atoms with Gasteiger partial charge >= 0.3 is 0 Å². The highest BCUT2D eigenvalue weighted by molar-refractivity contribution is 5.80. The summed E-state index contributed by atoms with van der Waals surface area (Å²) < 4.78 is 12.4. The molecule has 0 bridgehead atoms. The first kappa shape index (κ1) is 24.0. The van der Waals surface area contributed by atoms with Crippen LogP contribution < -0.4 is 15.4 Å². The number of nitrogens with one attached hydrogen (secondary N) is 2. The smallest absolute Gasteiger partial charge is 0.191 e. The molecule has 176 valence electrons. The van der Waals surface area contributed by atoms with Gasteiger partial charge in [0.25, 0.3) is 0 Å². The Morgan fingerprint density at radius 3 is 2.53 bits per heavy atom. The highest BCUT2D eigenvalue weighted by Crippen LogP contribution is 2.12. The van der Waals surface area contributed by atoms with Gasteiger partial charge in [-0.25, -0.2) is 4.99 Å².